The summed E-state index contributed by atoms with van der Waals surface area (Å²) in [6.45, 7) is 7.75. The molecule has 0 aliphatic carbocycles. The topological polar surface area (TPSA) is 62.2 Å². The minimum absolute atomic E-state index is 0.117. The van der Waals surface area contributed by atoms with Gasteiger partial charge in [0.15, 0.2) is 11.5 Å². The molecule has 2 N–H and O–H groups in total. The van der Waals surface area contributed by atoms with Gasteiger partial charge in [-0.1, -0.05) is 56.3 Å². The van der Waals surface area contributed by atoms with Crippen molar-refractivity contribution in [2.45, 2.75) is 39.5 Å². The van der Waals surface area contributed by atoms with Gasteiger partial charge in [-0.3, -0.25) is 0 Å². The average molecular weight is 524 g/mol. The lowest BCUT2D eigenvalue weighted by molar-refractivity contribution is 0.223. The molecule has 202 valence electrons. The van der Waals surface area contributed by atoms with Crippen LogP contribution in [0.3, 0.4) is 0 Å². The SMILES string of the molecule is CCN(CC)CCOc1cccc2c1-c1ccc(cc1O)CCc1ccc(O)c(c1)Oc1ccc(cc1)CC2. The Morgan fingerprint density at radius 1 is 0.744 bits per heavy atom. The van der Waals surface area contributed by atoms with Crippen molar-refractivity contribution in [2.24, 2.45) is 0 Å². The molecule has 4 heterocycles. The monoisotopic (exact) mass is 523 g/mol. The maximum Gasteiger partial charge on any atom is 0.169 e. The highest BCUT2D eigenvalue weighted by Crippen LogP contribution is 2.40. The van der Waals surface area contributed by atoms with E-state index in [1.165, 1.54) is 5.56 Å². The van der Waals surface area contributed by atoms with Crippen molar-refractivity contribution in [3.05, 3.63) is 101 Å². The van der Waals surface area contributed by atoms with Gasteiger partial charge in [0.1, 0.15) is 23.9 Å². The molecular weight excluding hydrogens is 486 g/mol. The first-order chi connectivity index (χ1) is 19.0. The highest BCUT2D eigenvalue weighted by atomic mass is 16.5. The van der Waals surface area contributed by atoms with E-state index in [1.54, 1.807) is 6.07 Å². The minimum Gasteiger partial charge on any atom is -0.507 e. The molecule has 8 rings (SSSR count). The standard InChI is InChI=1S/C34H37NO4/c1-3-35(4-2)20-21-38-32-7-5-6-27-15-10-24-11-16-28(17-12-24)39-33-23-26(14-19-30(33)36)9-8-25-13-18-29(34(27)32)31(37)22-25/h5-7,11-14,16-19,22-23,36-37H,3-4,8-10,15,20-21H2,1-2H3. The zero-order valence-electron chi connectivity index (χ0n) is 22.8. The van der Waals surface area contributed by atoms with Crippen LogP contribution in [0.5, 0.6) is 28.7 Å². The van der Waals surface area contributed by atoms with Crippen molar-refractivity contribution in [2.75, 3.05) is 26.2 Å². The van der Waals surface area contributed by atoms with Crippen molar-refractivity contribution in [1.82, 2.24) is 4.90 Å². The zero-order chi connectivity index (χ0) is 27.2. The fraction of sp³-hybridized carbons (Fsp3) is 0.294. The number of hydrogen-bond donors (Lipinski definition) is 2. The Morgan fingerprint density at radius 2 is 1.44 bits per heavy atom. The van der Waals surface area contributed by atoms with E-state index in [4.69, 9.17) is 9.47 Å². The first kappa shape index (κ1) is 26.6. The molecule has 5 heteroatoms. The predicted molar refractivity (Wildman–Crippen MR) is 156 cm³/mol. The number of aryl methyl sites for hydroxylation is 4. The number of likely N-dealkylation sites (N-methyl/N-ethyl adjacent to an activating group) is 1. The fourth-order valence-electron chi connectivity index (χ4n) is 5.19. The summed E-state index contributed by atoms with van der Waals surface area (Å²) in [4.78, 5) is 2.34. The third-order valence-corrected chi connectivity index (χ3v) is 7.56. The lowest BCUT2D eigenvalue weighted by atomic mass is 9.92. The normalized spacial score (nSPS) is 13.0. The van der Waals surface area contributed by atoms with Gasteiger partial charge in [0.25, 0.3) is 0 Å². The van der Waals surface area contributed by atoms with Crippen LogP contribution in [-0.4, -0.2) is 41.4 Å². The first-order valence-corrected chi connectivity index (χ1v) is 13.9. The van der Waals surface area contributed by atoms with E-state index >= 15 is 0 Å². The number of hydrogen-bond acceptors (Lipinski definition) is 5. The van der Waals surface area contributed by atoms with Crippen LogP contribution >= 0.6 is 0 Å². The molecular formula is C34H37NO4. The summed E-state index contributed by atoms with van der Waals surface area (Å²) in [5.41, 5.74) is 6.18. The minimum atomic E-state index is 0.117. The smallest absolute Gasteiger partial charge is 0.169 e. The van der Waals surface area contributed by atoms with Crippen LogP contribution in [-0.2, 0) is 25.7 Å². The molecule has 39 heavy (non-hydrogen) atoms. The Hall–Kier alpha value is -3.96. The number of phenolic OH excluding ortho intramolecular Hbond substituents is 2. The molecule has 0 spiro atoms. The fourth-order valence-corrected chi connectivity index (χ4v) is 5.19. The van der Waals surface area contributed by atoms with Crippen LogP contribution in [0.4, 0.5) is 0 Å². The van der Waals surface area contributed by atoms with Gasteiger partial charge in [0.05, 0.1) is 0 Å². The summed E-state index contributed by atoms with van der Waals surface area (Å²) < 4.78 is 12.4. The summed E-state index contributed by atoms with van der Waals surface area (Å²) in [6, 6.07) is 25.7. The number of ether oxygens (including phenoxy) is 2. The maximum atomic E-state index is 11.2. The molecule has 6 bridgehead atoms. The molecule has 0 saturated carbocycles. The Morgan fingerprint density at radius 3 is 2.18 bits per heavy atom. The van der Waals surface area contributed by atoms with Crippen LogP contribution < -0.4 is 9.47 Å². The molecule has 4 aromatic carbocycles. The number of rotatable bonds is 6. The molecule has 4 aliphatic heterocycles. The van der Waals surface area contributed by atoms with E-state index in [1.807, 2.05) is 48.5 Å². The zero-order valence-corrected chi connectivity index (χ0v) is 22.8. The lowest BCUT2D eigenvalue weighted by Gasteiger charge is -2.21. The van der Waals surface area contributed by atoms with Crippen LogP contribution in [0.25, 0.3) is 11.1 Å². The van der Waals surface area contributed by atoms with Crippen molar-refractivity contribution in [3.8, 4) is 39.9 Å². The van der Waals surface area contributed by atoms with Crippen molar-refractivity contribution < 1.29 is 19.7 Å². The van der Waals surface area contributed by atoms with Crippen molar-refractivity contribution in [1.29, 1.82) is 0 Å². The second-order valence-electron chi connectivity index (χ2n) is 10.1. The molecule has 0 amide bonds. The molecule has 0 aromatic heterocycles. The van der Waals surface area contributed by atoms with E-state index in [9.17, 15) is 10.2 Å². The van der Waals surface area contributed by atoms with Gasteiger partial charge in [-0.15, -0.1) is 0 Å². The first-order valence-electron chi connectivity index (χ1n) is 13.9. The van der Waals surface area contributed by atoms with Crippen LogP contribution in [0.15, 0.2) is 78.9 Å². The Balaban J connectivity index is 1.52. The molecule has 0 unspecified atom stereocenters. The Bertz CT molecular complexity index is 1410. The second-order valence-corrected chi connectivity index (χ2v) is 10.1. The quantitative estimate of drug-likeness (QED) is 0.281. The summed E-state index contributed by atoms with van der Waals surface area (Å²) in [5, 5.41) is 21.6. The van der Waals surface area contributed by atoms with Gasteiger partial charge in [0.2, 0.25) is 0 Å². The van der Waals surface area contributed by atoms with Crippen LogP contribution in [0.1, 0.15) is 36.1 Å². The van der Waals surface area contributed by atoms with E-state index in [-0.39, 0.29) is 11.5 Å². The molecule has 0 radical (unpaired) electrons. The van der Waals surface area contributed by atoms with Gasteiger partial charge in [-0.2, -0.15) is 0 Å². The predicted octanol–water partition coefficient (Wildman–Crippen LogP) is 7.16. The third-order valence-electron chi connectivity index (χ3n) is 7.56. The molecule has 5 nitrogen and oxygen atoms in total. The number of nitrogens with zero attached hydrogens (tertiary/aromatic N) is 1. The van der Waals surface area contributed by atoms with Gasteiger partial charge < -0.3 is 24.6 Å². The highest BCUT2D eigenvalue weighted by molar-refractivity contribution is 5.79. The Kier molecular flexibility index (Phi) is 8.38. The molecule has 0 saturated heterocycles. The number of aromatic hydroxyl groups is 2. The van der Waals surface area contributed by atoms with Crippen molar-refractivity contribution in [3.63, 3.8) is 0 Å². The summed E-state index contributed by atoms with van der Waals surface area (Å²) in [5.74, 6) is 2.32. The largest absolute Gasteiger partial charge is 0.507 e. The van der Waals surface area contributed by atoms with E-state index in [0.717, 1.165) is 78.9 Å². The summed E-state index contributed by atoms with van der Waals surface area (Å²) in [7, 11) is 0. The summed E-state index contributed by atoms with van der Waals surface area (Å²) >= 11 is 0. The third kappa shape index (κ3) is 6.37. The second kappa shape index (κ2) is 12.3. The highest BCUT2D eigenvalue weighted by Gasteiger charge is 2.17. The molecule has 4 aromatic rings. The molecule has 0 atom stereocenters. The van der Waals surface area contributed by atoms with Crippen molar-refractivity contribution >= 4 is 0 Å². The van der Waals surface area contributed by atoms with Gasteiger partial charge in [-0.05, 0) is 97.4 Å². The van der Waals surface area contributed by atoms with Gasteiger partial charge >= 0.3 is 0 Å². The van der Waals surface area contributed by atoms with Crippen LogP contribution in [0.2, 0.25) is 0 Å². The van der Waals surface area contributed by atoms with Crippen LogP contribution in [0, 0.1) is 0 Å². The van der Waals surface area contributed by atoms with E-state index in [0.29, 0.717) is 18.1 Å². The van der Waals surface area contributed by atoms with Gasteiger partial charge in [-0.25, -0.2) is 0 Å². The maximum absolute atomic E-state index is 11.2. The lowest BCUT2D eigenvalue weighted by Crippen LogP contribution is -2.28. The van der Waals surface area contributed by atoms with E-state index < -0.39 is 0 Å². The molecule has 4 aliphatic rings. The van der Waals surface area contributed by atoms with Gasteiger partial charge in [0, 0.05) is 17.7 Å². The summed E-state index contributed by atoms with van der Waals surface area (Å²) in [6.07, 6.45) is 3.13. The number of phenols is 2. The Labute approximate surface area is 231 Å². The average Bonchev–Trinajstić information content (AvgIpc) is 2.95. The van der Waals surface area contributed by atoms with E-state index in [2.05, 4.69) is 43.0 Å². The molecule has 0 fully saturated rings. The number of benzene rings is 4.